The van der Waals surface area contributed by atoms with Gasteiger partial charge in [-0.2, -0.15) is 0 Å². The van der Waals surface area contributed by atoms with E-state index in [2.05, 4.69) is 10.1 Å². The minimum Gasteiger partial charge on any atom is -0.471 e. The Labute approximate surface area is 99.7 Å². The third kappa shape index (κ3) is 4.14. The molecule has 0 bridgehead atoms. The van der Waals surface area contributed by atoms with Crippen molar-refractivity contribution in [3.63, 3.8) is 0 Å². The van der Waals surface area contributed by atoms with Gasteiger partial charge in [-0.05, 0) is 31.2 Å². The van der Waals surface area contributed by atoms with Crippen LogP contribution in [-0.4, -0.2) is 25.2 Å². The summed E-state index contributed by atoms with van der Waals surface area (Å²) in [4.78, 5) is 21.9. The molecule has 1 rings (SSSR count). The molecular weight excluding hydrogens is 222 g/mol. The fourth-order valence-electron chi connectivity index (χ4n) is 1.31. The average Bonchev–Trinajstić information content (AvgIpc) is 2.28. The Kier molecular flexibility index (Phi) is 4.51. The highest BCUT2D eigenvalue weighted by Crippen LogP contribution is 2.13. The lowest BCUT2D eigenvalue weighted by Gasteiger charge is -2.15. The number of rotatable bonds is 4. The van der Waals surface area contributed by atoms with Gasteiger partial charge in [-0.15, -0.1) is 0 Å². The zero-order valence-electron chi connectivity index (χ0n) is 10.0. The Morgan fingerprint density at radius 3 is 2.29 bits per heavy atom. The molecule has 1 atom stereocenters. The van der Waals surface area contributed by atoms with Gasteiger partial charge in [-0.25, -0.2) is 4.79 Å². The van der Waals surface area contributed by atoms with Crippen molar-refractivity contribution in [3.8, 4) is 5.75 Å². The molecule has 1 N–H and O–H groups in total. The Balaban J connectivity index is 2.62. The third-order valence-electron chi connectivity index (χ3n) is 1.99. The molecule has 0 saturated heterocycles. The van der Waals surface area contributed by atoms with Crippen LogP contribution in [0.3, 0.4) is 0 Å². The molecule has 5 nitrogen and oxygen atoms in total. The van der Waals surface area contributed by atoms with E-state index in [1.165, 1.54) is 14.0 Å². The lowest BCUT2D eigenvalue weighted by atomic mass is 10.2. The maximum absolute atomic E-state index is 11.2. The standard InChI is InChI=1S/C12H15NO4/c1-8(14)13-9(2)17-11-6-4-10(5-7-11)12(15)16-3/h4-7,9H,1-3H3,(H,13,14). The molecule has 0 radical (unpaired) electrons. The summed E-state index contributed by atoms with van der Waals surface area (Å²) in [5, 5.41) is 2.59. The van der Waals surface area contributed by atoms with Crippen molar-refractivity contribution in [2.45, 2.75) is 20.1 Å². The molecule has 0 aliphatic carbocycles. The van der Waals surface area contributed by atoms with E-state index in [-0.39, 0.29) is 5.91 Å². The molecule has 92 valence electrons. The zero-order chi connectivity index (χ0) is 12.8. The molecule has 0 aromatic heterocycles. The van der Waals surface area contributed by atoms with Crippen LogP contribution in [0.2, 0.25) is 0 Å². The third-order valence-corrected chi connectivity index (χ3v) is 1.99. The largest absolute Gasteiger partial charge is 0.471 e. The Bertz CT molecular complexity index is 399. The molecule has 1 aromatic rings. The van der Waals surface area contributed by atoms with Crippen LogP contribution < -0.4 is 10.1 Å². The van der Waals surface area contributed by atoms with Gasteiger partial charge in [0.25, 0.3) is 0 Å². The van der Waals surface area contributed by atoms with Gasteiger partial charge in [-0.3, -0.25) is 4.79 Å². The van der Waals surface area contributed by atoms with Gasteiger partial charge < -0.3 is 14.8 Å². The van der Waals surface area contributed by atoms with Gasteiger partial charge in [-0.1, -0.05) is 0 Å². The normalized spacial score (nSPS) is 11.5. The summed E-state index contributed by atoms with van der Waals surface area (Å²) in [6.07, 6.45) is -0.420. The molecule has 0 heterocycles. The molecular formula is C12H15NO4. The molecule has 0 aliphatic rings. The van der Waals surface area contributed by atoms with E-state index in [1.807, 2.05) is 0 Å². The minimum absolute atomic E-state index is 0.163. The Morgan fingerprint density at radius 1 is 1.24 bits per heavy atom. The van der Waals surface area contributed by atoms with E-state index in [9.17, 15) is 9.59 Å². The number of nitrogens with one attached hydrogen (secondary N) is 1. The summed E-state index contributed by atoms with van der Waals surface area (Å²) in [5.41, 5.74) is 0.451. The maximum atomic E-state index is 11.2. The summed E-state index contributed by atoms with van der Waals surface area (Å²) in [7, 11) is 1.32. The molecule has 0 fully saturated rings. The molecule has 0 saturated carbocycles. The van der Waals surface area contributed by atoms with Gasteiger partial charge in [0.2, 0.25) is 5.91 Å². The monoisotopic (exact) mass is 237 g/mol. The van der Waals surface area contributed by atoms with Crippen molar-refractivity contribution < 1.29 is 19.1 Å². The SMILES string of the molecule is COC(=O)c1ccc(OC(C)NC(C)=O)cc1. The number of hydrogen-bond acceptors (Lipinski definition) is 4. The van der Waals surface area contributed by atoms with E-state index in [1.54, 1.807) is 31.2 Å². The fourth-order valence-corrected chi connectivity index (χ4v) is 1.31. The lowest BCUT2D eigenvalue weighted by Crippen LogP contribution is -2.34. The van der Waals surface area contributed by atoms with Crippen molar-refractivity contribution in [2.24, 2.45) is 0 Å². The van der Waals surface area contributed by atoms with Crippen molar-refractivity contribution in [2.75, 3.05) is 7.11 Å². The predicted molar refractivity (Wildman–Crippen MR) is 61.7 cm³/mol. The minimum atomic E-state index is -0.420. The fraction of sp³-hybridized carbons (Fsp3) is 0.333. The average molecular weight is 237 g/mol. The van der Waals surface area contributed by atoms with Gasteiger partial charge in [0.1, 0.15) is 5.75 Å². The van der Waals surface area contributed by atoms with Crippen LogP contribution in [0.5, 0.6) is 5.75 Å². The first kappa shape index (κ1) is 13.0. The number of amides is 1. The van der Waals surface area contributed by atoms with Crippen LogP contribution in [0.1, 0.15) is 24.2 Å². The van der Waals surface area contributed by atoms with Crippen molar-refractivity contribution in [3.05, 3.63) is 29.8 Å². The summed E-state index contributed by atoms with van der Waals surface area (Å²) in [6, 6.07) is 6.48. The second kappa shape index (κ2) is 5.89. The van der Waals surface area contributed by atoms with E-state index in [0.717, 1.165) is 0 Å². The first-order valence-corrected chi connectivity index (χ1v) is 5.15. The smallest absolute Gasteiger partial charge is 0.337 e. The van der Waals surface area contributed by atoms with Crippen LogP contribution in [-0.2, 0) is 9.53 Å². The zero-order valence-corrected chi connectivity index (χ0v) is 10.0. The molecule has 1 amide bonds. The number of carbonyl (C=O) groups is 2. The number of ether oxygens (including phenoxy) is 2. The summed E-state index contributed by atoms with van der Waals surface area (Å²) >= 11 is 0. The highest BCUT2D eigenvalue weighted by atomic mass is 16.5. The summed E-state index contributed by atoms with van der Waals surface area (Å²) < 4.78 is 9.98. The predicted octanol–water partition coefficient (Wildman–Crippen LogP) is 1.33. The first-order chi connectivity index (χ1) is 8.02. The lowest BCUT2D eigenvalue weighted by molar-refractivity contribution is -0.121. The van der Waals surface area contributed by atoms with E-state index < -0.39 is 12.2 Å². The Morgan fingerprint density at radius 2 is 1.82 bits per heavy atom. The van der Waals surface area contributed by atoms with Gasteiger partial charge >= 0.3 is 5.97 Å². The topological polar surface area (TPSA) is 64.6 Å². The van der Waals surface area contributed by atoms with Crippen LogP contribution in [0.4, 0.5) is 0 Å². The van der Waals surface area contributed by atoms with E-state index in [4.69, 9.17) is 4.74 Å². The second-order valence-corrected chi connectivity index (χ2v) is 3.48. The molecule has 17 heavy (non-hydrogen) atoms. The maximum Gasteiger partial charge on any atom is 0.337 e. The van der Waals surface area contributed by atoms with Crippen molar-refractivity contribution >= 4 is 11.9 Å². The highest BCUT2D eigenvalue weighted by Gasteiger charge is 2.07. The van der Waals surface area contributed by atoms with E-state index in [0.29, 0.717) is 11.3 Å². The van der Waals surface area contributed by atoms with Crippen LogP contribution in [0.25, 0.3) is 0 Å². The number of esters is 1. The highest BCUT2D eigenvalue weighted by molar-refractivity contribution is 5.89. The summed E-state index contributed by atoms with van der Waals surface area (Å²) in [5.74, 6) is 0.00837. The summed E-state index contributed by atoms with van der Waals surface area (Å²) in [6.45, 7) is 3.13. The molecule has 0 spiro atoms. The van der Waals surface area contributed by atoms with Gasteiger partial charge in [0.05, 0.1) is 12.7 Å². The van der Waals surface area contributed by atoms with Gasteiger partial charge in [0.15, 0.2) is 6.23 Å². The molecule has 0 aliphatic heterocycles. The molecule has 1 aromatic carbocycles. The van der Waals surface area contributed by atoms with Crippen LogP contribution >= 0.6 is 0 Å². The van der Waals surface area contributed by atoms with Crippen molar-refractivity contribution in [1.29, 1.82) is 0 Å². The Hall–Kier alpha value is -2.04. The molecule has 5 heteroatoms. The van der Waals surface area contributed by atoms with E-state index >= 15 is 0 Å². The molecule has 1 unspecified atom stereocenters. The second-order valence-electron chi connectivity index (χ2n) is 3.48. The van der Waals surface area contributed by atoms with Crippen molar-refractivity contribution in [1.82, 2.24) is 5.32 Å². The first-order valence-electron chi connectivity index (χ1n) is 5.15. The number of methoxy groups -OCH3 is 1. The van der Waals surface area contributed by atoms with Crippen LogP contribution in [0, 0.1) is 0 Å². The number of carbonyl (C=O) groups excluding carboxylic acids is 2. The van der Waals surface area contributed by atoms with Crippen LogP contribution in [0.15, 0.2) is 24.3 Å². The quantitative estimate of drug-likeness (QED) is 0.634. The van der Waals surface area contributed by atoms with Gasteiger partial charge in [0, 0.05) is 6.92 Å². The number of benzene rings is 1. The number of hydrogen-bond donors (Lipinski definition) is 1.